The van der Waals surface area contributed by atoms with Crippen LogP contribution < -0.4 is 5.32 Å². The molecule has 2 unspecified atom stereocenters. The normalized spacial score (nSPS) is 36.4. The van der Waals surface area contributed by atoms with Crippen molar-refractivity contribution < 1.29 is 28.5 Å². The van der Waals surface area contributed by atoms with Crippen LogP contribution in [0.2, 0.25) is 0 Å². The predicted octanol–water partition coefficient (Wildman–Crippen LogP) is 2.90. The Morgan fingerprint density at radius 3 is 2.44 bits per heavy atom. The molecule has 2 aliphatic heterocycles. The van der Waals surface area contributed by atoms with Crippen LogP contribution in [0.1, 0.15) is 53.9 Å². The molecule has 3 aliphatic rings. The van der Waals surface area contributed by atoms with Crippen LogP contribution in [-0.2, 0) is 23.7 Å². The number of hydrogen-bond donors (Lipinski definition) is 1. The van der Waals surface area contributed by atoms with Gasteiger partial charge in [0.25, 0.3) is 0 Å². The summed E-state index contributed by atoms with van der Waals surface area (Å²) in [5.41, 5.74) is 0.604. The van der Waals surface area contributed by atoms with Crippen molar-refractivity contribution in [3.63, 3.8) is 0 Å². The number of nitrogens with zero attached hydrogens (tertiary/aromatic N) is 1. The Morgan fingerprint density at radius 2 is 1.94 bits per heavy atom. The summed E-state index contributed by atoms with van der Waals surface area (Å²) in [6.45, 7) is 10.7. The van der Waals surface area contributed by atoms with Gasteiger partial charge in [0.05, 0.1) is 18.6 Å². The van der Waals surface area contributed by atoms with Gasteiger partial charge in [0.15, 0.2) is 0 Å². The Bertz CT molecular complexity index is 743. The second kappa shape index (κ2) is 9.31. The molecule has 0 aromatic rings. The van der Waals surface area contributed by atoms with E-state index in [0.29, 0.717) is 13.0 Å². The zero-order valence-electron chi connectivity index (χ0n) is 20.8. The summed E-state index contributed by atoms with van der Waals surface area (Å²) in [6, 6.07) is -0.645. The van der Waals surface area contributed by atoms with Crippen molar-refractivity contribution in [2.45, 2.75) is 89.4 Å². The Kier molecular flexibility index (Phi) is 7.27. The minimum absolute atomic E-state index is 0.0357. The van der Waals surface area contributed by atoms with E-state index in [1.54, 1.807) is 21.2 Å². The van der Waals surface area contributed by atoms with Gasteiger partial charge < -0.3 is 29.2 Å². The van der Waals surface area contributed by atoms with Gasteiger partial charge in [-0.3, -0.25) is 4.79 Å². The molecule has 32 heavy (non-hydrogen) atoms. The van der Waals surface area contributed by atoms with Gasteiger partial charge in [-0.15, -0.1) is 0 Å². The number of carbonyl (C=O) groups is 2. The molecule has 2 heterocycles. The minimum Gasteiger partial charge on any atom is -0.443 e. The lowest BCUT2D eigenvalue weighted by atomic mass is 9.68. The standard InChI is InChI=1S/C24H40N2O6/c1-14(2)9-10-17-23(5,32-17)20-19(29-8)16(11-12-24(20)13-30-24)31-22(28)25-18(15(3)4)21(27)26(6)7/h9,15-20H,10-13H2,1-8H3,(H,25,28)/t16-,17-,18?,19-,20-,23+,24?/m1/s1. The van der Waals surface area contributed by atoms with Crippen LogP contribution in [0.15, 0.2) is 11.6 Å². The van der Waals surface area contributed by atoms with Crippen LogP contribution in [-0.4, -0.2) is 80.3 Å². The lowest BCUT2D eigenvalue weighted by Gasteiger charge is -2.42. The van der Waals surface area contributed by atoms with E-state index >= 15 is 0 Å². The Labute approximate surface area is 192 Å². The summed E-state index contributed by atoms with van der Waals surface area (Å²) in [7, 11) is 5.00. The molecule has 2 amide bonds. The smallest absolute Gasteiger partial charge is 0.408 e. The van der Waals surface area contributed by atoms with Crippen molar-refractivity contribution in [3.05, 3.63) is 11.6 Å². The molecule has 0 bridgehead atoms. The average molecular weight is 453 g/mol. The number of carbonyl (C=O) groups excluding carboxylic acids is 2. The highest BCUT2D eigenvalue weighted by Crippen LogP contribution is 2.59. The van der Waals surface area contributed by atoms with E-state index in [1.165, 1.54) is 10.5 Å². The lowest BCUT2D eigenvalue weighted by molar-refractivity contribution is -0.132. The van der Waals surface area contributed by atoms with Crippen LogP contribution in [0.4, 0.5) is 4.79 Å². The first-order valence-electron chi connectivity index (χ1n) is 11.6. The average Bonchev–Trinajstić information content (AvgIpc) is 3.62. The van der Waals surface area contributed by atoms with Crippen LogP contribution in [0.5, 0.6) is 0 Å². The fourth-order valence-electron chi connectivity index (χ4n) is 5.16. The third-order valence-electron chi connectivity index (χ3n) is 7.14. The van der Waals surface area contributed by atoms with E-state index in [9.17, 15) is 9.59 Å². The second-order valence-electron chi connectivity index (χ2n) is 10.4. The predicted molar refractivity (Wildman–Crippen MR) is 120 cm³/mol. The molecule has 1 aliphatic carbocycles. The minimum atomic E-state index is -0.645. The first-order valence-corrected chi connectivity index (χ1v) is 11.6. The quantitative estimate of drug-likeness (QED) is 0.450. The zero-order valence-corrected chi connectivity index (χ0v) is 20.8. The molecular weight excluding hydrogens is 412 g/mol. The fourth-order valence-corrected chi connectivity index (χ4v) is 5.16. The summed E-state index contributed by atoms with van der Waals surface area (Å²) in [4.78, 5) is 26.7. The van der Waals surface area contributed by atoms with E-state index in [1.807, 2.05) is 13.8 Å². The molecule has 7 atom stereocenters. The lowest BCUT2D eigenvalue weighted by Crippen LogP contribution is -2.57. The van der Waals surface area contributed by atoms with Crippen LogP contribution >= 0.6 is 0 Å². The third-order valence-corrected chi connectivity index (χ3v) is 7.14. The highest BCUT2D eigenvalue weighted by Gasteiger charge is 2.72. The maximum atomic E-state index is 12.8. The summed E-state index contributed by atoms with van der Waals surface area (Å²) in [5, 5.41) is 2.76. The van der Waals surface area contributed by atoms with Gasteiger partial charge in [-0.2, -0.15) is 0 Å². The molecule has 1 spiro atoms. The number of methoxy groups -OCH3 is 1. The van der Waals surface area contributed by atoms with Crippen molar-refractivity contribution in [1.29, 1.82) is 0 Å². The third kappa shape index (κ3) is 4.97. The number of alkyl carbamates (subject to hydrolysis) is 1. The Balaban J connectivity index is 1.71. The Morgan fingerprint density at radius 1 is 1.28 bits per heavy atom. The first kappa shape index (κ1) is 25.0. The molecule has 1 N–H and O–H groups in total. The SMILES string of the molecule is CO[C@@H]1[C@H](OC(=O)NC(C(=O)N(C)C)C(C)C)CCC2(CO2)[C@H]1[C@@]1(C)O[C@@H]1CC=C(C)C. The first-order chi connectivity index (χ1) is 14.9. The number of ether oxygens (including phenoxy) is 4. The van der Waals surface area contributed by atoms with Gasteiger partial charge in [-0.1, -0.05) is 25.5 Å². The van der Waals surface area contributed by atoms with Crippen molar-refractivity contribution in [2.75, 3.05) is 27.8 Å². The number of rotatable bonds is 8. The molecule has 2 saturated heterocycles. The monoisotopic (exact) mass is 452 g/mol. The molecule has 8 nitrogen and oxygen atoms in total. The molecular formula is C24H40N2O6. The topological polar surface area (TPSA) is 92.9 Å². The van der Waals surface area contributed by atoms with Crippen molar-refractivity contribution in [3.8, 4) is 0 Å². The molecule has 3 fully saturated rings. The van der Waals surface area contributed by atoms with E-state index in [2.05, 4.69) is 32.2 Å². The molecule has 0 aromatic carbocycles. The van der Waals surface area contributed by atoms with Crippen molar-refractivity contribution in [1.82, 2.24) is 10.2 Å². The molecule has 1 saturated carbocycles. The molecule has 3 rings (SSSR count). The summed E-state index contributed by atoms with van der Waals surface area (Å²) in [5.74, 6) is -0.257. The van der Waals surface area contributed by atoms with Crippen LogP contribution in [0.25, 0.3) is 0 Å². The summed E-state index contributed by atoms with van der Waals surface area (Å²) in [6.07, 6.45) is 3.18. The fraction of sp³-hybridized carbons (Fsp3) is 0.833. The van der Waals surface area contributed by atoms with Crippen molar-refractivity contribution >= 4 is 12.0 Å². The van der Waals surface area contributed by atoms with E-state index in [4.69, 9.17) is 18.9 Å². The number of hydrogen-bond acceptors (Lipinski definition) is 6. The van der Waals surface area contributed by atoms with Crippen LogP contribution in [0.3, 0.4) is 0 Å². The largest absolute Gasteiger partial charge is 0.443 e. The van der Waals surface area contributed by atoms with E-state index in [-0.39, 0.29) is 41.2 Å². The summed E-state index contributed by atoms with van der Waals surface area (Å²) >= 11 is 0. The van der Waals surface area contributed by atoms with Gasteiger partial charge in [0.1, 0.15) is 29.5 Å². The summed E-state index contributed by atoms with van der Waals surface area (Å²) < 4.78 is 23.9. The van der Waals surface area contributed by atoms with E-state index in [0.717, 1.165) is 12.8 Å². The molecule has 182 valence electrons. The molecule has 0 aromatic heterocycles. The van der Waals surface area contributed by atoms with Gasteiger partial charge in [0, 0.05) is 21.2 Å². The van der Waals surface area contributed by atoms with Crippen molar-refractivity contribution in [2.24, 2.45) is 11.8 Å². The number of likely N-dealkylation sites (N-methyl/N-ethyl adjacent to an activating group) is 1. The highest BCUT2D eigenvalue weighted by atomic mass is 16.6. The zero-order chi connectivity index (χ0) is 23.8. The maximum absolute atomic E-state index is 12.8. The van der Waals surface area contributed by atoms with Gasteiger partial charge in [0.2, 0.25) is 5.91 Å². The van der Waals surface area contributed by atoms with E-state index < -0.39 is 18.2 Å². The van der Waals surface area contributed by atoms with Gasteiger partial charge >= 0.3 is 6.09 Å². The number of nitrogens with one attached hydrogen (secondary N) is 1. The Hall–Kier alpha value is -1.64. The second-order valence-corrected chi connectivity index (χ2v) is 10.4. The van der Waals surface area contributed by atoms with Gasteiger partial charge in [-0.05, 0) is 46.0 Å². The number of allylic oxidation sites excluding steroid dienone is 1. The maximum Gasteiger partial charge on any atom is 0.408 e. The number of epoxide rings is 2. The molecule has 0 radical (unpaired) electrons. The van der Waals surface area contributed by atoms with Gasteiger partial charge in [-0.25, -0.2) is 4.79 Å². The van der Waals surface area contributed by atoms with Crippen LogP contribution in [0, 0.1) is 11.8 Å². The number of amides is 2. The highest BCUT2D eigenvalue weighted by molar-refractivity contribution is 5.85. The molecule has 8 heteroatoms.